The number of rotatable bonds is 5. The Balaban J connectivity index is 1.82. The highest BCUT2D eigenvalue weighted by Gasteiger charge is 2.24. The Morgan fingerprint density at radius 2 is 2.12 bits per heavy atom. The van der Waals surface area contributed by atoms with Crippen LogP contribution in [0.1, 0.15) is 24.4 Å². The molecule has 1 aromatic heterocycles. The molecule has 1 aliphatic rings. The zero-order valence-electron chi connectivity index (χ0n) is 13.5. The molecule has 2 aromatic rings. The van der Waals surface area contributed by atoms with Gasteiger partial charge in [-0.05, 0) is 59.6 Å². The molecule has 1 fully saturated rings. The van der Waals surface area contributed by atoms with Crippen molar-refractivity contribution in [2.75, 3.05) is 25.0 Å². The number of anilines is 1. The number of likely N-dealkylation sites (tertiary alicyclic amines) is 1. The summed E-state index contributed by atoms with van der Waals surface area (Å²) in [6.45, 7) is 2.84. The molecule has 24 heavy (non-hydrogen) atoms. The van der Waals surface area contributed by atoms with Crippen molar-refractivity contribution in [1.29, 1.82) is 0 Å². The smallest absolute Gasteiger partial charge is 0.282 e. The minimum absolute atomic E-state index is 0.152. The van der Waals surface area contributed by atoms with Crippen LogP contribution in [0.5, 0.6) is 0 Å². The van der Waals surface area contributed by atoms with Crippen LogP contribution in [0.2, 0.25) is 5.02 Å². The molecular formula is C17H20BrClN4O. The number of halogens is 2. The summed E-state index contributed by atoms with van der Waals surface area (Å²) < 4.78 is 1.82. The lowest BCUT2D eigenvalue weighted by Gasteiger charge is -2.28. The third-order valence-corrected chi connectivity index (χ3v) is 5.38. The number of benzene rings is 1. The van der Waals surface area contributed by atoms with Crippen LogP contribution in [0.15, 0.2) is 39.7 Å². The fraction of sp³-hybridized carbons (Fsp3) is 0.412. The van der Waals surface area contributed by atoms with Crippen LogP contribution in [0.4, 0.5) is 5.69 Å². The van der Waals surface area contributed by atoms with Gasteiger partial charge in [0.25, 0.3) is 5.56 Å². The monoisotopic (exact) mass is 410 g/mol. The molecular weight excluding hydrogens is 392 g/mol. The standard InChI is InChI=1S/C17H20BrClN4O/c1-22-17(24)16(18)14(10-21-22)20-11-15(23-7-2-3-8-23)12-5-4-6-13(19)9-12/h4-6,9-10,15,20H,2-3,7-8,11H2,1H3. The third-order valence-electron chi connectivity index (χ3n) is 4.38. The summed E-state index contributed by atoms with van der Waals surface area (Å²) in [6, 6.07) is 8.21. The molecule has 0 aliphatic carbocycles. The fourth-order valence-electron chi connectivity index (χ4n) is 3.07. The predicted molar refractivity (Wildman–Crippen MR) is 101 cm³/mol. The van der Waals surface area contributed by atoms with Gasteiger partial charge in [0.15, 0.2) is 0 Å². The number of hydrogen-bond donors (Lipinski definition) is 1. The molecule has 1 aromatic carbocycles. The van der Waals surface area contributed by atoms with E-state index in [4.69, 9.17) is 11.6 Å². The Morgan fingerprint density at radius 3 is 2.83 bits per heavy atom. The van der Waals surface area contributed by atoms with Gasteiger partial charge in [0.2, 0.25) is 0 Å². The van der Waals surface area contributed by atoms with E-state index in [0.717, 1.165) is 18.1 Å². The minimum Gasteiger partial charge on any atom is -0.381 e. The Morgan fingerprint density at radius 1 is 1.38 bits per heavy atom. The maximum atomic E-state index is 12.0. The minimum atomic E-state index is -0.152. The predicted octanol–water partition coefficient (Wildman–Crippen LogP) is 3.45. The molecule has 0 bridgehead atoms. The van der Waals surface area contributed by atoms with E-state index in [2.05, 4.69) is 37.3 Å². The molecule has 128 valence electrons. The average molecular weight is 412 g/mol. The number of nitrogens with zero attached hydrogens (tertiary/aromatic N) is 3. The number of nitrogens with one attached hydrogen (secondary N) is 1. The van der Waals surface area contributed by atoms with Gasteiger partial charge >= 0.3 is 0 Å². The number of aromatic nitrogens is 2. The van der Waals surface area contributed by atoms with Gasteiger partial charge in [-0.25, -0.2) is 4.68 Å². The van der Waals surface area contributed by atoms with E-state index in [-0.39, 0.29) is 11.6 Å². The normalized spacial score (nSPS) is 16.3. The molecule has 3 rings (SSSR count). The molecule has 2 heterocycles. The Kier molecular flexibility index (Phi) is 5.58. The first kappa shape index (κ1) is 17.5. The van der Waals surface area contributed by atoms with Crippen LogP contribution in [-0.4, -0.2) is 34.3 Å². The second-order valence-electron chi connectivity index (χ2n) is 6.00. The third kappa shape index (κ3) is 3.82. The quantitative estimate of drug-likeness (QED) is 0.819. The van der Waals surface area contributed by atoms with Gasteiger partial charge in [-0.15, -0.1) is 0 Å². The lowest BCUT2D eigenvalue weighted by Crippen LogP contribution is -2.31. The number of aryl methyl sites for hydroxylation is 1. The first-order valence-corrected chi connectivity index (χ1v) is 9.18. The second-order valence-corrected chi connectivity index (χ2v) is 7.23. The van der Waals surface area contributed by atoms with E-state index < -0.39 is 0 Å². The Bertz CT molecular complexity index is 773. The molecule has 1 N–H and O–H groups in total. The zero-order chi connectivity index (χ0) is 17.1. The van der Waals surface area contributed by atoms with Crippen molar-refractivity contribution < 1.29 is 0 Å². The van der Waals surface area contributed by atoms with Crippen molar-refractivity contribution in [3.05, 3.63) is 55.9 Å². The van der Waals surface area contributed by atoms with Gasteiger partial charge in [0.1, 0.15) is 4.47 Å². The first-order valence-electron chi connectivity index (χ1n) is 8.01. The maximum absolute atomic E-state index is 12.0. The maximum Gasteiger partial charge on any atom is 0.282 e. The van der Waals surface area contributed by atoms with Crippen molar-refractivity contribution >= 4 is 33.2 Å². The molecule has 0 saturated carbocycles. The molecule has 1 atom stereocenters. The lowest BCUT2D eigenvalue weighted by atomic mass is 10.1. The molecule has 1 unspecified atom stereocenters. The van der Waals surface area contributed by atoms with Gasteiger partial charge in [0, 0.05) is 18.6 Å². The Hall–Kier alpha value is -1.37. The summed E-state index contributed by atoms with van der Waals surface area (Å²) in [7, 11) is 1.63. The van der Waals surface area contributed by atoms with E-state index in [9.17, 15) is 4.79 Å². The van der Waals surface area contributed by atoms with Crippen LogP contribution in [0, 0.1) is 0 Å². The molecule has 0 radical (unpaired) electrons. The summed E-state index contributed by atoms with van der Waals surface area (Å²) in [6.07, 6.45) is 4.10. The summed E-state index contributed by atoms with van der Waals surface area (Å²) in [5.74, 6) is 0. The van der Waals surface area contributed by atoms with Gasteiger partial charge in [0.05, 0.1) is 17.9 Å². The van der Waals surface area contributed by atoms with E-state index in [0.29, 0.717) is 16.7 Å². The van der Waals surface area contributed by atoms with Crippen LogP contribution < -0.4 is 10.9 Å². The first-order chi connectivity index (χ1) is 11.6. The van der Waals surface area contributed by atoms with Crippen molar-refractivity contribution in [2.45, 2.75) is 18.9 Å². The number of hydrogen-bond acceptors (Lipinski definition) is 4. The molecule has 5 nitrogen and oxygen atoms in total. The summed E-state index contributed by atoms with van der Waals surface area (Å²) in [5, 5.41) is 8.19. The highest BCUT2D eigenvalue weighted by Crippen LogP contribution is 2.28. The summed E-state index contributed by atoms with van der Waals surface area (Å²) in [4.78, 5) is 14.4. The Labute approximate surface area is 154 Å². The second kappa shape index (κ2) is 7.68. The molecule has 1 saturated heterocycles. The fourth-order valence-corrected chi connectivity index (χ4v) is 3.76. The van der Waals surface area contributed by atoms with Crippen LogP contribution in [0.25, 0.3) is 0 Å². The molecule has 7 heteroatoms. The molecule has 0 amide bonds. The van der Waals surface area contributed by atoms with Gasteiger partial charge < -0.3 is 5.32 Å². The van der Waals surface area contributed by atoms with Gasteiger partial charge in [-0.3, -0.25) is 9.69 Å². The summed E-state index contributed by atoms with van der Waals surface area (Å²) >= 11 is 9.54. The highest BCUT2D eigenvalue weighted by atomic mass is 79.9. The van der Waals surface area contributed by atoms with Crippen molar-refractivity contribution in [1.82, 2.24) is 14.7 Å². The van der Waals surface area contributed by atoms with E-state index in [1.54, 1.807) is 13.2 Å². The topological polar surface area (TPSA) is 50.2 Å². The highest BCUT2D eigenvalue weighted by molar-refractivity contribution is 9.10. The molecule has 0 spiro atoms. The molecule has 1 aliphatic heterocycles. The van der Waals surface area contributed by atoms with Crippen molar-refractivity contribution in [2.24, 2.45) is 7.05 Å². The summed E-state index contributed by atoms with van der Waals surface area (Å²) in [5.41, 5.74) is 1.75. The lowest BCUT2D eigenvalue weighted by molar-refractivity contribution is 0.256. The van der Waals surface area contributed by atoms with Crippen LogP contribution in [-0.2, 0) is 7.05 Å². The van der Waals surface area contributed by atoms with E-state index in [1.165, 1.54) is 23.1 Å². The van der Waals surface area contributed by atoms with Crippen LogP contribution in [0.3, 0.4) is 0 Å². The SMILES string of the molecule is Cn1ncc(NCC(c2cccc(Cl)c2)N2CCCC2)c(Br)c1=O. The van der Waals surface area contributed by atoms with Gasteiger partial charge in [-0.1, -0.05) is 23.7 Å². The largest absolute Gasteiger partial charge is 0.381 e. The van der Waals surface area contributed by atoms with Gasteiger partial charge in [-0.2, -0.15) is 5.10 Å². The van der Waals surface area contributed by atoms with Crippen molar-refractivity contribution in [3.63, 3.8) is 0 Å². The van der Waals surface area contributed by atoms with Crippen molar-refractivity contribution in [3.8, 4) is 0 Å². The zero-order valence-corrected chi connectivity index (χ0v) is 15.8. The van der Waals surface area contributed by atoms with Crippen LogP contribution >= 0.6 is 27.5 Å². The average Bonchev–Trinajstić information content (AvgIpc) is 3.09. The van der Waals surface area contributed by atoms with E-state index >= 15 is 0 Å². The van der Waals surface area contributed by atoms with E-state index in [1.807, 2.05) is 18.2 Å².